The van der Waals surface area contributed by atoms with Gasteiger partial charge in [0.2, 0.25) is 0 Å². The minimum atomic E-state index is -0.442. The second-order valence-electron chi connectivity index (χ2n) is 7.42. The molecule has 4 bridgehead atoms. The topological polar surface area (TPSA) is 20.2 Å². The number of rotatable bonds is 3. The quantitative estimate of drug-likeness (QED) is 0.754. The summed E-state index contributed by atoms with van der Waals surface area (Å²) in [6.07, 6.45) is 8.75. The number of aliphatic hydroxyl groups is 1. The van der Waals surface area contributed by atoms with Crippen molar-refractivity contribution in [1.29, 1.82) is 0 Å². The van der Waals surface area contributed by atoms with Gasteiger partial charge in [-0.1, -0.05) is 23.2 Å². The van der Waals surface area contributed by atoms with Crippen molar-refractivity contribution >= 4 is 34.5 Å². The highest BCUT2D eigenvalue weighted by Crippen LogP contribution is 2.62. The number of halogens is 2. The summed E-state index contributed by atoms with van der Waals surface area (Å²) < 4.78 is 1.33. The minimum Gasteiger partial charge on any atom is -0.388 e. The van der Waals surface area contributed by atoms with Gasteiger partial charge in [-0.05, 0) is 74.2 Å². The molecular weight excluding hydrogens is 311 g/mol. The minimum absolute atomic E-state index is 0.381. The molecule has 1 heterocycles. The van der Waals surface area contributed by atoms with Crippen LogP contribution >= 0.6 is 34.5 Å². The van der Waals surface area contributed by atoms with Gasteiger partial charge < -0.3 is 5.11 Å². The molecule has 1 aromatic rings. The first-order chi connectivity index (χ1) is 9.53. The molecule has 0 spiro atoms. The van der Waals surface area contributed by atoms with Gasteiger partial charge in [0.25, 0.3) is 0 Å². The Morgan fingerprint density at radius 1 is 1.15 bits per heavy atom. The van der Waals surface area contributed by atoms with Crippen LogP contribution < -0.4 is 0 Å². The Balaban J connectivity index is 1.55. The smallest absolute Gasteiger partial charge is 0.100 e. The summed E-state index contributed by atoms with van der Waals surface area (Å²) in [5.74, 6) is 2.78. The lowest BCUT2D eigenvalue weighted by Gasteiger charge is -2.57. The highest BCUT2D eigenvalue weighted by molar-refractivity contribution is 7.20. The van der Waals surface area contributed by atoms with Crippen molar-refractivity contribution in [2.75, 3.05) is 0 Å². The molecule has 5 rings (SSSR count). The Bertz CT molecular complexity index is 489. The lowest BCUT2D eigenvalue weighted by molar-refractivity contribution is -0.0763. The molecule has 1 aromatic heterocycles. The van der Waals surface area contributed by atoms with Crippen molar-refractivity contribution in [3.05, 3.63) is 20.3 Å². The molecular formula is C16H20Cl2OS. The summed E-state index contributed by atoms with van der Waals surface area (Å²) in [6, 6.07) is 1.85. The summed E-state index contributed by atoms with van der Waals surface area (Å²) in [6.45, 7) is 0. The standard InChI is InChI=1S/C16H20Cl2OS/c17-14-4-12(15(18)20-14)13(19)8-16-5-9-1-10(6-16)3-11(2-9)7-16/h4,9-11,13,19H,1-3,5-8H2. The SMILES string of the molecule is OC(CC12CC3CC(CC(C3)C1)C2)c1cc(Cl)sc1Cl. The van der Waals surface area contributed by atoms with Crippen molar-refractivity contribution in [2.45, 2.75) is 51.0 Å². The van der Waals surface area contributed by atoms with Gasteiger partial charge in [0, 0.05) is 5.56 Å². The fourth-order valence-electron chi connectivity index (χ4n) is 5.64. The van der Waals surface area contributed by atoms with Crippen LogP contribution in [0.3, 0.4) is 0 Å². The molecule has 0 saturated heterocycles. The summed E-state index contributed by atoms with van der Waals surface area (Å²) >= 11 is 13.6. The van der Waals surface area contributed by atoms with Crippen LogP contribution in [0, 0.1) is 23.2 Å². The molecule has 1 N–H and O–H groups in total. The van der Waals surface area contributed by atoms with Crippen LogP contribution in [0.2, 0.25) is 8.67 Å². The average Bonchev–Trinajstić information content (AvgIpc) is 2.66. The van der Waals surface area contributed by atoms with E-state index in [1.54, 1.807) is 0 Å². The number of aliphatic hydroxyl groups excluding tert-OH is 1. The van der Waals surface area contributed by atoms with E-state index in [4.69, 9.17) is 23.2 Å². The van der Waals surface area contributed by atoms with E-state index >= 15 is 0 Å². The largest absolute Gasteiger partial charge is 0.388 e. The summed E-state index contributed by atoms with van der Waals surface area (Å²) in [5.41, 5.74) is 1.23. The van der Waals surface area contributed by atoms with E-state index in [0.29, 0.717) is 14.1 Å². The average molecular weight is 331 g/mol. The second kappa shape index (κ2) is 4.87. The van der Waals surface area contributed by atoms with Gasteiger partial charge in [-0.2, -0.15) is 0 Å². The van der Waals surface area contributed by atoms with Crippen LogP contribution in [0.25, 0.3) is 0 Å². The van der Waals surface area contributed by atoms with Crippen molar-refractivity contribution in [3.8, 4) is 0 Å². The zero-order valence-corrected chi connectivity index (χ0v) is 13.8. The predicted molar refractivity (Wildman–Crippen MR) is 84.5 cm³/mol. The molecule has 1 atom stereocenters. The summed E-state index contributed by atoms with van der Waals surface area (Å²) in [4.78, 5) is 0. The van der Waals surface area contributed by atoms with Crippen LogP contribution in [0.15, 0.2) is 6.07 Å². The predicted octanol–water partition coefficient (Wildman–Crippen LogP) is 5.69. The molecule has 4 fully saturated rings. The zero-order valence-electron chi connectivity index (χ0n) is 11.4. The van der Waals surface area contributed by atoms with E-state index in [9.17, 15) is 5.11 Å². The Hall–Kier alpha value is 0.240. The van der Waals surface area contributed by atoms with Gasteiger partial charge in [0.05, 0.1) is 10.4 Å². The molecule has 1 nitrogen and oxygen atoms in total. The van der Waals surface area contributed by atoms with Gasteiger partial charge in [-0.15, -0.1) is 11.3 Å². The molecule has 4 saturated carbocycles. The van der Waals surface area contributed by atoms with Crippen LogP contribution in [-0.2, 0) is 0 Å². The highest BCUT2D eigenvalue weighted by atomic mass is 35.5. The van der Waals surface area contributed by atoms with Crippen molar-refractivity contribution in [1.82, 2.24) is 0 Å². The van der Waals surface area contributed by atoms with Crippen molar-refractivity contribution in [3.63, 3.8) is 0 Å². The zero-order chi connectivity index (χ0) is 13.9. The molecule has 0 aliphatic heterocycles. The van der Waals surface area contributed by atoms with Gasteiger partial charge in [-0.3, -0.25) is 0 Å². The van der Waals surface area contributed by atoms with E-state index in [0.717, 1.165) is 29.7 Å². The molecule has 20 heavy (non-hydrogen) atoms. The van der Waals surface area contributed by atoms with Crippen molar-refractivity contribution in [2.24, 2.45) is 23.2 Å². The maximum Gasteiger partial charge on any atom is 0.100 e. The van der Waals surface area contributed by atoms with Crippen LogP contribution in [0.4, 0.5) is 0 Å². The van der Waals surface area contributed by atoms with Gasteiger partial charge in [0.1, 0.15) is 4.34 Å². The number of hydrogen-bond donors (Lipinski definition) is 1. The number of thiophene rings is 1. The Morgan fingerprint density at radius 2 is 1.70 bits per heavy atom. The first-order valence-corrected chi connectivity index (χ1v) is 9.23. The van der Waals surface area contributed by atoms with Crippen LogP contribution in [0.1, 0.15) is 56.6 Å². The lowest BCUT2D eigenvalue weighted by Crippen LogP contribution is -2.46. The Labute approximate surface area is 134 Å². The third-order valence-corrected chi connectivity index (χ3v) is 7.35. The third-order valence-electron chi connectivity index (χ3n) is 5.83. The van der Waals surface area contributed by atoms with E-state index in [-0.39, 0.29) is 0 Å². The molecule has 0 radical (unpaired) electrons. The number of hydrogen-bond acceptors (Lipinski definition) is 2. The molecule has 1 unspecified atom stereocenters. The van der Waals surface area contributed by atoms with Gasteiger partial charge in [-0.25, -0.2) is 0 Å². The van der Waals surface area contributed by atoms with E-state index in [2.05, 4.69) is 0 Å². The molecule has 4 aliphatic rings. The Morgan fingerprint density at radius 3 is 2.15 bits per heavy atom. The van der Waals surface area contributed by atoms with E-state index in [1.165, 1.54) is 49.9 Å². The monoisotopic (exact) mass is 330 g/mol. The molecule has 4 heteroatoms. The third kappa shape index (κ3) is 2.33. The molecule has 4 aliphatic carbocycles. The summed E-state index contributed by atoms with van der Waals surface area (Å²) in [5, 5.41) is 10.6. The van der Waals surface area contributed by atoms with Crippen LogP contribution in [-0.4, -0.2) is 5.11 Å². The normalized spacial score (nSPS) is 40.2. The van der Waals surface area contributed by atoms with Crippen LogP contribution in [0.5, 0.6) is 0 Å². The van der Waals surface area contributed by atoms with Gasteiger partial charge >= 0.3 is 0 Å². The van der Waals surface area contributed by atoms with E-state index in [1.807, 2.05) is 6.07 Å². The van der Waals surface area contributed by atoms with E-state index < -0.39 is 6.10 Å². The molecule has 0 aromatic carbocycles. The fraction of sp³-hybridized carbons (Fsp3) is 0.750. The first-order valence-electron chi connectivity index (χ1n) is 7.66. The lowest BCUT2D eigenvalue weighted by atomic mass is 9.48. The maximum atomic E-state index is 10.6. The maximum absolute atomic E-state index is 10.6. The Kier molecular flexibility index (Phi) is 3.38. The fourth-order valence-corrected chi connectivity index (χ4v) is 7.21. The second-order valence-corrected chi connectivity index (χ2v) is 9.70. The first kappa shape index (κ1) is 13.9. The van der Waals surface area contributed by atoms with Gasteiger partial charge in [0.15, 0.2) is 0 Å². The molecule has 0 amide bonds. The van der Waals surface area contributed by atoms with Crippen molar-refractivity contribution < 1.29 is 5.11 Å². The molecule has 110 valence electrons. The summed E-state index contributed by atoms with van der Waals surface area (Å²) in [7, 11) is 0. The highest BCUT2D eigenvalue weighted by Gasteiger charge is 2.51.